The zero-order chi connectivity index (χ0) is 22.8. The van der Waals surface area contributed by atoms with Crippen molar-refractivity contribution < 1.29 is 18.7 Å². The summed E-state index contributed by atoms with van der Waals surface area (Å²) in [5.41, 5.74) is 3.95. The summed E-state index contributed by atoms with van der Waals surface area (Å²) in [7, 11) is 0. The first kappa shape index (κ1) is 20.6. The lowest BCUT2D eigenvalue weighted by Crippen LogP contribution is -2.45. The lowest BCUT2D eigenvalue weighted by Gasteiger charge is -2.18. The number of aromatic amines is 1. The molecule has 166 valence electrons. The van der Waals surface area contributed by atoms with Gasteiger partial charge >= 0.3 is 6.09 Å². The Labute approximate surface area is 189 Å². The average Bonchev–Trinajstić information content (AvgIpc) is 3.39. The maximum Gasteiger partial charge on any atom is 0.407 e. The highest BCUT2D eigenvalue weighted by molar-refractivity contribution is 6.06. The number of carbonyl (C=O) groups is 2. The van der Waals surface area contributed by atoms with Gasteiger partial charge in [0.05, 0.1) is 6.61 Å². The van der Waals surface area contributed by atoms with Crippen molar-refractivity contribution >= 4 is 50.5 Å². The number of nitrogens with one attached hydrogen (secondary N) is 3. The molecule has 5 rings (SSSR count). The van der Waals surface area contributed by atoms with Crippen molar-refractivity contribution in [3.63, 3.8) is 0 Å². The van der Waals surface area contributed by atoms with E-state index in [2.05, 4.69) is 15.6 Å². The summed E-state index contributed by atoms with van der Waals surface area (Å²) in [4.78, 5) is 28.5. The molecule has 0 aliphatic rings. The van der Waals surface area contributed by atoms with Crippen LogP contribution in [0.3, 0.4) is 0 Å². The monoisotopic (exact) mass is 441 g/mol. The number of benzene rings is 3. The number of carbonyl (C=O) groups excluding carboxylic acids is 2. The van der Waals surface area contributed by atoms with Crippen LogP contribution in [0.15, 0.2) is 77.3 Å². The van der Waals surface area contributed by atoms with Crippen LogP contribution in [0.4, 0.5) is 10.5 Å². The molecule has 0 aliphatic heterocycles. The molecule has 2 aromatic heterocycles. The Morgan fingerprint density at radius 2 is 1.73 bits per heavy atom. The predicted octanol–water partition coefficient (Wildman–Crippen LogP) is 5.36. The topological polar surface area (TPSA) is 96.4 Å². The van der Waals surface area contributed by atoms with E-state index in [1.807, 2.05) is 66.9 Å². The molecule has 33 heavy (non-hydrogen) atoms. The lowest BCUT2D eigenvalue weighted by molar-refractivity contribution is -0.118. The van der Waals surface area contributed by atoms with Gasteiger partial charge in [-0.15, -0.1) is 0 Å². The normalized spacial score (nSPS) is 12.2. The molecule has 1 atom stereocenters. The minimum Gasteiger partial charge on any atom is -0.456 e. The molecular formula is C26H23N3O4. The Balaban J connectivity index is 1.41. The summed E-state index contributed by atoms with van der Waals surface area (Å²) >= 11 is 0. The van der Waals surface area contributed by atoms with Gasteiger partial charge in [0.1, 0.15) is 17.2 Å². The summed E-state index contributed by atoms with van der Waals surface area (Å²) in [6, 6.07) is 20.3. The van der Waals surface area contributed by atoms with E-state index >= 15 is 0 Å². The number of fused-ring (bicyclic) bond motifs is 4. The van der Waals surface area contributed by atoms with Crippen molar-refractivity contribution in [1.82, 2.24) is 10.3 Å². The molecule has 0 unspecified atom stereocenters. The fraction of sp³-hybridized carbons (Fsp3) is 0.154. The molecule has 3 aromatic carbocycles. The summed E-state index contributed by atoms with van der Waals surface area (Å²) < 4.78 is 10.9. The fourth-order valence-corrected chi connectivity index (χ4v) is 4.08. The van der Waals surface area contributed by atoms with Crippen LogP contribution in [0.1, 0.15) is 12.5 Å². The third-order valence-corrected chi connectivity index (χ3v) is 5.63. The molecule has 5 aromatic rings. The minimum absolute atomic E-state index is 0.218. The minimum atomic E-state index is -0.824. The van der Waals surface area contributed by atoms with E-state index in [4.69, 9.17) is 9.15 Å². The molecular weight excluding hydrogens is 418 g/mol. The first-order chi connectivity index (χ1) is 16.1. The highest BCUT2D eigenvalue weighted by Crippen LogP contribution is 2.30. The van der Waals surface area contributed by atoms with Gasteiger partial charge in [-0.05, 0) is 36.8 Å². The quantitative estimate of drug-likeness (QED) is 0.330. The number of ether oxygens (including phenoxy) is 1. The molecule has 2 amide bonds. The second kappa shape index (κ2) is 8.70. The predicted molar refractivity (Wildman–Crippen MR) is 128 cm³/mol. The zero-order valence-corrected chi connectivity index (χ0v) is 18.1. The number of aromatic nitrogens is 1. The van der Waals surface area contributed by atoms with Crippen molar-refractivity contribution in [3.8, 4) is 0 Å². The van der Waals surface area contributed by atoms with Crippen molar-refractivity contribution in [2.75, 3.05) is 11.9 Å². The van der Waals surface area contributed by atoms with E-state index in [1.54, 1.807) is 13.0 Å². The van der Waals surface area contributed by atoms with Crippen LogP contribution in [0.2, 0.25) is 0 Å². The Kier molecular flexibility index (Phi) is 5.44. The van der Waals surface area contributed by atoms with Crippen LogP contribution in [0.5, 0.6) is 0 Å². The number of amides is 2. The average molecular weight is 441 g/mol. The second-order valence-electron chi connectivity index (χ2n) is 7.78. The van der Waals surface area contributed by atoms with E-state index in [-0.39, 0.29) is 12.5 Å². The zero-order valence-electron chi connectivity index (χ0n) is 18.1. The number of H-pyrrole nitrogens is 1. The van der Waals surface area contributed by atoms with Gasteiger partial charge in [-0.1, -0.05) is 36.4 Å². The molecule has 0 aliphatic carbocycles. The third-order valence-electron chi connectivity index (χ3n) is 5.63. The van der Waals surface area contributed by atoms with E-state index in [9.17, 15) is 9.59 Å². The molecule has 2 heterocycles. The van der Waals surface area contributed by atoms with Gasteiger partial charge < -0.3 is 24.8 Å². The van der Waals surface area contributed by atoms with Crippen LogP contribution in [0.25, 0.3) is 32.8 Å². The van der Waals surface area contributed by atoms with Gasteiger partial charge in [0.15, 0.2) is 0 Å². The summed E-state index contributed by atoms with van der Waals surface area (Å²) in [5.74, 6) is -0.344. The molecule has 0 bridgehead atoms. The van der Waals surface area contributed by atoms with Gasteiger partial charge in [-0.2, -0.15) is 0 Å². The van der Waals surface area contributed by atoms with Crippen molar-refractivity contribution in [3.05, 3.63) is 78.5 Å². The van der Waals surface area contributed by atoms with Crippen molar-refractivity contribution in [2.45, 2.75) is 19.4 Å². The molecule has 0 fully saturated rings. The number of furan rings is 1. The molecule has 0 radical (unpaired) electrons. The maximum absolute atomic E-state index is 13.2. The Morgan fingerprint density at radius 3 is 2.58 bits per heavy atom. The molecule has 7 heteroatoms. The summed E-state index contributed by atoms with van der Waals surface area (Å²) in [6.07, 6.45) is 1.53. The molecule has 0 saturated carbocycles. The Morgan fingerprint density at radius 1 is 0.970 bits per heavy atom. The largest absolute Gasteiger partial charge is 0.456 e. The van der Waals surface area contributed by atoms with Gasteiger partial charge in [-0.3, -0.25) is 4.79 Å². The van der Waals surface area contributed by atoms with Gasteiger partial charge in [-0.25, -0.2) is 4.79 Å². The van der Waals surface area contributed by atoms with Crippen molar-refractivity contribution in [1.29, 1.82) is 0 Å². The standard InChI is InChI=1S/C26H23N3O4/c1-2-32-26(31)29-22(13-16-15-27-21-9-5-3-7-18(16)21)25(30)28-17-11-12-20-19-8-4-6-10-23(19)33-24(20)14-17/h3-12,14-15,22,27H,2,13H2,1H3,(H,28,30)(H,29,31)/t22-/m1/s1. The van der Waals surface area contributed by atoms with Crippen LogP contribution in [-0.2, 0) is 16.0 Å². The summed E-state index contributed by atoms with van der Waals surface area (Å²) in [6.45, 7) is 1.94. The van der Waals surface area contributed by atoms with E-state index in [0.717, 1.165) is 32.8 Å². The number of rotatable bonds is 6. The number of alkyl carbamates (subject to hydrolysis) is 1. The molecule has 3 N–H and O–H groups in total. The second-order valence-corrected chi connectivity index (χ2v) is 7.78. The summed E-state index contributed by atoms with van der Waals surface area (Å²) in [5, 5.41) is 8.60. The molecule has 0 spiro atoms. The molecule has 7 nitrogen and oxygen atoms in total. The first-order valence-electron chi connectivity index (χ1n) is 10.8. The van der Waals surface area contributed by atoms with E-state index in [1.165, 1.54) is 0 Å². The highest BCUT2D eigenvalue weighted by atomic mass is 16.5. The van der Waals surface area contributed by atoms with Crippen LogP contribution in [-0.4, -0.2) is 29.6 Å². The van der Waals surface area contributed by atoms with Gasteiger partial charge in [0, 0.05) is 46.0 Å². The number of hydrogen-bond donors (Lipinski definition) is 3. The first-order valence-corrected chi connectivity index (χ1v) is 10.8. The SMILES string of the molecule is CCOC(=O)N[C@H](Cc1c[nH]c2ccccc12)C(=O)Nc1ccc2c(c1)oc1ccccc12. The highest BCUT2D eigenvalue weighted by Gasteiger charge is 2.23. The molecule has 0 saturated heterocycles. The smallest absolute Gasteiger partial charge is 0.407 e. The number of para-hydroxylation sites is 2. The van der Waals surface area contributed by atoms with Crippen LogP contribution >= 0.6 is 0 Å². The van der Waals surface area contributed by atoms with Crippen LogP contribution in [0, 0.1) is 0 Å². The van der Waals surface area contributed by atoms with Gasteiger partial charge in [0.25, 0.3) is 0 Å². The van der Waals surface area contributed by atoms with Crippen LogP contribution < -0.4 is 10.6 Å². The van der Waals surface area contributed by atoms with Gasteiger partial charge in [0.2, 0.25) is 5.91 Å². The van der Waals surface area contributed by atoms with E-state index in [0.29, 0.717) is 17.7 Å². The van der Waals surface area contributed by atoms with Crippen molar-refractivity contribution in [2.24, 2.45) is 0 Å². The Hall–Kier alpha value is -4.26. The fourth-order valence-electron chi connectivity index (χ4n) is 4.08. The maximum atomic E-state index is 13.2. The van der Waals surface area contributed by atoms with E-state index < -0.39 is 12.1 Å². The third kappa shape index (κ3) is 4.13. The lowest BCUT2D eigenvalue weighted by atomic mass is 10.0. The Bertz CT molecular complexity index is 1470. The number of anilines is 1. The number of hydrogen-bond acceptors (Lipinski definition) is 4.